The summed E-state index contributed by atoms with van der Waals surface area (Å²) in [6, 6.07) is 0. The number of fused-ring (bicyclic) bond motifs is 1. The van der Waals surface area contributed by atoms with E-state index < -0.39 is 0 Å². The van der Waals surface area contributed by atoms with Gasteiger partial charge in [0.1, 0.15) is 0 Å². The van der Waals surface area contributed by atoms with Crippen LogP contribution in [0.1, 0.15) is 12.8 Å². The van der Waals surface area contributed by atoms with Crippen LogP contribution in [0.5, 0.6) is 0 Å². The number of rotatable bonds is 0. The van der Waals surface area contributed by atoms with Gasteiger partial charge in [-0.05, 0) is 12.5 Å². The molecule has 0 spiro atoms. The van der Waals surface area contributed by atoms with Crippen LogP contribution in [-0.2, 0) is 4.79 Å². The minimum Gasteiger partial charge on any atom is -0.329 e. The number of nitrogens with zero attached hydrogens (tertiary/aromatic N) is 1. The Morgan fingerprint density at radius 3 is 3.45 bits per heavy atom. The minimum atomic E-state index is 0.141. The molecule has 1 saturated heterocycles. The van der Waals surface area contributed by atoms with Gasteiger partial charge in [0.15, 0.2) is 0 Å². The fourth-order valence-electron chi connectivity index (χ4n) is 1.47. The smallest absolute Gasteiger partial charge is 0.224 e. The third-order valence-electron chi connectivity index (χ3n) is 2.13. The summed E-state index contributed by atoms with van der Waals surface area (Å²) in [5.41, 5.74) is 1.05. The molecule has 11 heavy (non-hydrogen) atoms. The highest BCUT2D eigenvalue weighted by Gasteiger charge is 2.23. The first-order valence-electron chi connectivity index (χ1n) is 3.86. The average molecular weight is 150 g/mol. The van der Waals surface area contributed by atoms with E-state index in [1.54, 1.807) is 6.21 Å². The topological polar surface area (TPSA) is 41.5 Å². The van der Waals surface area contributed by atoms with Gasteiger partial charge in [0, 0.05) is 30.8 Å². The number of dihydropyridines is 1. The molecule has 0 aromatic carbocycles. The number of nitrogens with one attached hydrogen (secondary N) is 1. The van der Waals surface area contributed by atoms with Gasteiger partial charge in [0.05, 0.1) is 0 Å². The van der Waals surface area contributed by atoms with Crippen molar-refractivity contribution in [1.82, 2.24) is 5.32 Å². The summed E-state index contributed by atoms with van der Waals surface area (Å²) in [6.07, 6.45) is 5.26. The summed E-state index contributed by atoms with van der Waals surface area (Å²) in [5, 5.41) is 2.85. The Balaban J connectivity index is 2.18. The second kappa shape index (κ2) is 2.49. The zero-order valence-corrected chi connectivity index (χ0v) is 6.21. The standard InChI is InChI=1S/C8H10N2O/c11-8-2-1-6-5-9-4-3-7(6)10-8/h3-4,6H,1-2,5H2,(H,10,11). The normalized spacial score (nSPS) is 28.9. The number of amides is 1. The van der Waals surface area contributed by atoms with E-state index in [4.69, 9.17) is 0 Å². The molecule has 2 aliphatic rings. The van der Waals surface area contributed by atoms with Crippen molar-refractivity contribution in [2.24, 2.45) is 10.9 Å². The van der Waals surface area contributed by atoms with Gasteiger partial charge in [-0.1, -0.05) is 0 Å². The summed E-state index contributed by atoms with van der Waals surface area (Å²) in [7, 11) is 0. The van der Waals surface area contributed by atoms with E-state index >= 15 is 0 Å². The predicted molar refractivity (Wildman–Crippen MR) is 42.3 cm³/mol. The molecule has 3 nitrogen and oxygen atoms in total. The van der Waals surface area contributed by atoms with E-state index in [2.05, 4.69) is 10.3 Å². The summed E-state index contributed by atoms with van der Waals surface area (Å²) in [4.78, 5) is 15.1. The van der Waals surface area contributed by atoms with E-state index in [-0.39, 0.29) is 5.91 Å². The molecule has 1 N–H and O–H groups in total. The quantitative estimate of drug-likeness (QED) is 0.536. The van der Waals surface area contributed by atoms with E-state index in [9.17, 15) is 4.79 Å². The van der Waals surface area contributed by atoms with Crippen LogP contribution in [0.3, 0.4) is 0 Å². The van der Waals surface area contributed by atoms with Crippen molar-refractivity contribution < 1.29 is 4.79 Å². The molecule has 2 rings (SSSR count). The lowest BCUT2D eigenvalue weighted by Gasteiger charge is -2.25. The van der Waals surface area contributed by atoms with Crippen LogP contribution < -0.4 is 5.32 Å². The first-order chi connectivity index (χ1) is 5.36. The number of hydrogen-bond donors (Lipinski definition) is 1. The van der Waals surface area contributed by atoms with Crippen molar-refractivity contribution in [3.63, 3.8) is 0 Å². The maximum atomic E-state index is 10.9. The summed E-state index contributed by atoms with van der Waals surface area (Å²) in [6.45, 7) is 0.839. The Morgan fingerprint density at radius 1 is 1.64 bits per heavy atom. The molecule has 0 aliphatic carbocycles. The van der Waals surface area contributed by atoms with Crippen LogP contribution in [0.4, 0.5) is 0 Å². The minimum absolute atomic E-state index is 0.141. The number of allylic oxidation sites excluding steroid dienone is 1. The highest BCUT2D eigenvalue weighted by atomic mass is 16.1. The van der Waals surface area contributed by atoms with Gasteiger partial charge in [-0.25, -0.2) is 0 Å². The molecule has 0 aromatic rings. The second-order valence-corrected chi connectivity index (χ2v) is 2.92. The maximum absolute atomic E-state index is 10.9. The van der Waals surface area contributed by atoms with E-state index in [1.807, 2.05) is 6.08 Å². The largest absolute Gasteiger partial charge is 0.329 e. The molecule has 0 bridgehead atoms. The first-order valence-corrected chi connectivity index (χ1v) is 3.86. The number of carbonyl (C=O) groups excluding carboxylic acids is 1. The van der Waals surface area contributed by atoms with Gasteiger partial charge in [-0.3, -0.25) is 9.79 Å². The lowest BCUT2D eigenvalue weighted by Crippen LogP contribution is -2.35. The van der Waals surface area contributed by atoms with Crippen molar-refractivity contribution >= 4 is 12.1 Å². The van der Waals surface area contributed by atoms with Gasteiger partial charge in [-0.15, -0.1) is 0 Å². The fraction of sp³-hybridized carbons (Fsp3) is 0.500. The Bertz CT molecular complexity index is 242. The lowest BCUT2D eigenvalue weighted by molar-refractivity contribution is -0.121. The van der Waals surface area contributed by atoms with Crippen LogP contribution in [0.25, 0.3) is 0 Å². The molecular formula is C8H10N2O. The zero-order chi connectivity index (χ0) is 7.68. The monoisotopic (exact) mass is 150 g/mol. The Kier molecular flexibility index (Phi) is 1.49. The molecule has 1 unspecified atom stereocenters. The molecule has 3 heteroatoms. The molecular weight excluding hydrogens is 140 g/mol. The Hall–Kier alpha value is -1.12. The number of piperidine rings is 1. The number of carbonyl (C=O) groups is 1. The first kappa shape index (κ1) is 6.58. The van der Waals surface area contributed by atoms with Crippen molar-refractivity contribution in [2.75, 3.05) is 6.54 Å². The van der Waals surface area contributed by atoms with Crippen molar-refractivity contribution in [3.05, 3.63) is 11.8 Å². The van der Waals surface area contributed by atoms with E-state index in [0.29, 0.717) is 12.3 Å². The number of aliphatic imine (C=N–C) groups is 1. The average Bonchev–Trinajstić information content (AvgIpc) is 2.04. The van der Waals surface area contributed by atoms with E-state index in [1.165, 1.54) is 0 Å². The third kappa shape index (κ3) is 1.18. The maximum Gasteiger partial charge on any atom is 0.224 e. The van der Waals surface area contributed by atoms with Gasteiger partial charge < -0.3 is 5.32 Å². The molecule has 0 radical (unpaired) electrons. The van der Waals surface area contributed by atoms with Crippen LogP contribution in [0.15, 0.2) is 16.8 Å². The van der Waals surface area contributed by atoms with Crippen LogP contribution in [-0.4, -0.2) is 18.7 Å². The predicted octanol–water partition coefficient (Wildman–Crippen LogP) is 0.481. The molecule has 0 aromatic heterocycles. The highest BCUT2D eigenvalue weighted by molar-refractivity contribution is 5.82. The molecule has 1 fully saturated rings. The molecule has 2 heterocycles. The molecule has 58 valence electrons. The lowest BCUT2D eigenvalue weighted by atomic mass is 9.94. The number of hydrogen-bond acceptors (Lipinski definition) is 2. The summed E-state index contributed by atoms with van der Waals surface area (Å²) < 4.78 is 0. The molecule has 2 aliphatic heterocycles. The van der Waals surface area contributed by atoms with Crippen molar-refractivity contribution in [2.45, 2.75) is 12.8 Å². The van der Waals surface area contributed by atoms with Gasteiger partial charge in [-0.2, -0.15) is 0 Å². The Labute approximate surface area is 65.2 Å². The van der Waals surface area contributed by atoms with Crippen LogP contribution >= 0.6 is 0 Å². The van der Waals surface area contributed by atoms with Gasteiger partial charge in [0.2, 0.25) is 5.91 Å². The van der Waals surface area contributed by atoms with Crippen LogP contribution in [0.2, 0.25) is 0 Å². The molecule has 0 saturated carbocycles. The van der Waals surface area contributed by atoms with Gasteiger partial charge >= 0.3 is 0 Å². The summed E-state index contributed by atoms with van der Waals surface area (Å²) >= 11 is 0. The fourth-order valence-corrected chi connectivity index (χ4v) is 1.47. The van der Waals surface area contributed by atoms with Crippen molar-refractivity contribution in [1.29, 1.82) is 0 Å². The summed E-state index contributed by atoms with van der Waals surface area (Å²) in [5.74, 6) is 0.612. The highest BCUT2D eigenvalue weighted by Crippen LogP contribution is 2.21. The van der Waals surface area contributed by atoms with E-state index in [0.717, 1.165) is 18.7 Å². The SMILES string of the molecule is O=C1CCC2CN=CC=C2N1. The molecule has 1 atom stereocenters. The molecule has 1 amide bonds. The van der Waals surface area contributed by atoms with Crippen LogP contribution in [0, 0.1) is 5.92 Å². The Morgan fingerprint density at radius 2 is 2.55 bits per heavy atom. The zero-order valence-electron chi connectivity index (χ0n) is 6.21. The van der Waals surface area contributed by atoms with Gasteiger partial charge in [0.25, 0.3) is 0 Å². The second-order valence-electron chi connectivity index (χ2n) is 2.92. The van der Waals surface area contributed by atoms with Crippen molar-refractivity contribution in [3.8, 4) is 0 Å². The third-order valence-corrected chi connectivity index (χ3v) is 2.13.